The largest absolute Gasteiger partial charge is 0.261 e. The minimum Gasteiger partial charge on any atom is -0.261 e. The van der Waals surface area contributed by atoms with Gasteiger partial charge in [-0.2, -0.15) is 5.10 Å². The summed E-state index contributed by atoms with van der Waals surface area (Å²) >= 11 is 0. The second-order valence-corrected chi connectivity index (χ2v) is 2.87. The van der Waals surface area contributed by atoms with Crippen LogP contribution in [0.1, 0.15) is 5.69 Å². The van der Waals surface area contributed by atoms with Crippen molar-refractivity contribution in [3.8, 4) is 11.8 Å². The lowest BCUT2D eigenvalue weighted by Gasteiger charge is -1.91. The molecule has 0 atom stereocenters. The summed E-state index contributed by atoms with van der Waals surface area (Å²) in [6.07, 6.45) is 4.67. The molecule has 2 aromatic rings. The Kier molecular flexibility index (Phi) is 2.75. The number of hydrogen-bond acceptors (Lipinski definition) is 2. The summed E-state index contributed by atoms with van der Waals surface area (Å²) in [5.41, 5.74) is 0.559. The quantitative estimate of drug-likeness (QED) is 0.654. The third-order valence-corrected chi connectivity index (χ3v) is 1.74. The first-order chi connectivity index (χ1) is 7.34. The molecule has 0 fully saturated rings. The fourth-order valence-electron chi connectivity index (χ4n) is 1.05. The first-order valence-electron chi connectivity index (χ1n) is 4.42. The molecule has 2 heterocycles. The van der Waals surface area contributed by atoms with Crippen LogP contribution in [0.4, 0.5) is 4.39 Å². The summed E-state index contributed by atoms with van der Waals surface area (Å²) in [5.74, 6) is 5.36. The van der Waals surface area contributed by atoms with Crippen LogP contribution in [0.2, 0.25) is 0 Å². The van der Waals surface area contributed by atoms with Crippen LogP contribution in [0.5, 0.6) is 0 Å². The fourth-order valence-corrected chi connectivity index (χ4v) is 1.05. The van der Waals surface area contributed by atoms with Crippen molar-refractivity contribution >= 4 is 0 Å². The normalized spacial score (nSPS) is 9.40. The van der Waals surface area contributed by atoms with Crippen molar-refractivity contribution in [2.75, 3.05) is 0 Å². The van der Waals surface area contributed by atoms with Gasteiger partial charge in [-0.25, -0.2) is 9.37 Å². The predicted octanol–water partition coefficient (Wildman–Crippen LogP) is 1.47. The minimum atomic E-state index is -0.354. The highest BCUT2D eigenvalue weighted by Gasteiger charge is 1.89. The summed E-state index contributed by atoms with van der Waals surface area (Å²) in [6.45, 7) is 0.506. The molecule has 0 N–H and O–H groups in total. The number of rotatable bonds is 1. The monoisotopic (exact) mass is 201 g/mol. The molecule has 0 aliphatic heterocycles. The van der Waals surface area contributed by atoms with Crippen molar-refractivity contribution in [3.63, 3.8) is 0 Å². The molecule has 0 spiro atoms. The fraction of sp³-hybridized carbons (Fsp3) is 0.0909. The van der Waals surface area contributed by atoms with Crippen LogP contribution in [-0.4, -0.2) is 14.8 Å². The van der Waals surface area contributed by atoms with Gasteiger partial charge in [-0.1, -0.05) is 5.92 Å². The van der Waals surface area contributed by atoms with Gasteiger partial charge in [0.25, 0.3) is 0 Å². The highest BCUT2D eigenvalue weighted by Crippen LogP contribution is 1.95. The third kappa shape index (κ3) is 2.64. The number of nitrogens with zero attached hydrogens (tertiary/aromatic N) is 3. The lowest BCUT2D eigenvalue weighted by molar-refractivity contribution is 0.621. The standard InChI is InChI=1S/C11H8FN3/c12-10-4-5-11(13-9-10)3-1-7-15-8-2-6-14-15/h2,4-6,8-9H,7H2. The van der Waals surface area contributed by atoms with Crippen LogP contribution in [-0.2, 0) is 6.54 Å². The highest BCUT2D eigenvalue weighted by molar-refractivity contribution is 5.26. The van der Waals surface area contributed by atoms with Crippen LogP contribution >= 0.6 is 0 Å². The molecule has 4 heteroatoms. The average molecular weight is 201 g/mol. The molecule has 0 aliphatic rings. The maximum absolute atomic E-state index is 12.5. The van der Waals surface area contributed by atoms with Gasteiger partial charge in [0.15, 0.2) is 0 Å². The molecule has 3 nitrogen and oxygen atoms in total. The van der Waals surface area contributed by atoms with Gasteiger partial charge in [0.2, 0.25) is 0 Å². The summed E-state index contributed by atoms with van der Waals surface area (Å²) in [7, 11) is 0. The Labute approximate surface area is 86.6 Å². The van der Waals surface area contributed by atoms with E-state index in [1.54, 1.807) is 16.9 Å². The van der Waals surface area contributed by atoms with Crippen LogP contribution < -0.4 is 0 Å². The van der Waals surface area contributed by atoms with Crippen molar-refractivity contribution in [1.82, 2.24) is 14.8 Å². The average Bonchev–Trinajstić information content (AvgIpc) is 2.74. The van der Waals surface area contributed by atoms with E-state index in [-0.39, 0.29) is 5.82 Å². The molecule has 15 heavy (non-hydrogen) atoms. The molecule has 2 rings (SSSR count). The maximum Gasteiger partial charge on any atom is 0.141 e. The molecular weight excluding hydrogens is 193 g/mol. The van der Waals surface area contributed by atoms with Gasteiger partial charge in [-0.3, -0.25) is 4.68 Å². The van der Waals surface area contributed by atoms with E-state index in [0.717, 1.165) is 6.20 Å². The van der Waals surface area contributed by atoms with E-state index in [1.165, 1.54) is 6.07 Å². The van der Waals surface area contributed by atoms with E-state index < -0.39 is 0 Å². The summed E-state index contributed by atoms with van der Waals surface area (Å²) in [6, 6.07) is 4.72. The van der Waals surface area contributed by atoms with Crippen LogP contribution in [0.25, 0.3) is 0 Å². The van der Waals surface area contributed by atoms with Gasteiger partial charge in [0.1, 0.15) is 18.1 Å². The van der Waals surface area contributed by atoms with Gasteiger partial charge in [-0.15, -0.1) is 0 Å². The molecule has 0 aromatic carbocycles. The van der Waals surface area contributed by atoms with Gasteiger partial charge in [-0.05, 0) is 24.1 Å². The molecule has 0 saturated heterocycles. The summed E-state index contributed by atoms with van der Waals surface area (Å²) in [4.78, 5) is 3.82. The van der Waals surface area contributed by atoms with E-state index in [0.29, 0.717) is 12.2 Å². The number of pyridine rings is 1. The second-order valence-electron chi connectivity index (χ2n) is 2.87. The lowest BCUT2D eigenvalue weighted by Crippen LogP contribution is -1.95. The Morgan fingerprint density at radius 2 is 2.33 bits per heavy atom. The zero-order chi connectivity index (χ0) is 10.5. The van der Waals surface area contributed by atoms with Crippen molar-refractivity contribution in [1.29, 1.82) is 0 Å². The van der Waals surface area contributed by atoms with E-state index in [4.69, 9.17) is 0 Å². The second kappa shape index (κ2) is 4.38. The number of aromatic nitrogens is 3. The number of hydrogen-bond donors (Lipinski definition) is 0. The molecule has 74 valence electrons. The van der Waals surface area contributed by atoms with Crippen LogP contribution in [0.15, 0.2) is 36.8 Å². The summed E-state index contributed by atoms with van der Waals surface area (Å²) < 4.78 is 14.2. The molecule has 0 amide bonds. The van der Waals surface area contributed by atoms with Gasteiger partial charge in [0.05, 0.1) is 6.20 Å². The topological polar surface area (TPSA) is 30.7 Å². The van der Waals surface area contributed by atoms with Crippen molar-refractivity contribution in [2.45, 2.75) is 6.54 Å². The maximum atomic E-state index is 12.5. The highest BCUT2D eigenvalue weighted by atomic mass is 19.1. The Balaban J connectivity index is 2.03. The van der Waals surface area contributed by atoms with E-state index in [2.05, 4.69) is 21.9 Å². The first-order valence-corrected chi connectivity index (χ1v) is 4.42. The van der Waals surface area contributed by atoms with Gasteiger partial charge in [0, 0.05) is 12.4 Å². The predicted molar refractivity (Wildman–Crippen MR) is 53.3 cm³/mol. The van der Waals surface area contributed by atoms with Crippen LogP contribution in [0, 0.1) is 17.7 Å². The Morgan fingerprint density at radius 3 is 3.00 bits per heavy atom. The number of halogens is 1. The van der Waals surface area contributed by atoms with E-state index in [9.17, 15) is 4.39 Å². The van der Waals surface area contributed by atoms with Gasteiger partial charge < -0.3 is 0 Å². The van der Waals surface area contributed by atoms with E-state index in [1.807, 2.05) is 12.3 Å². The molecule has 0 bridgehead atoms. The van der Waals surface area contributed by atoms with Crippen LogP contribution in [0.3, 0.4) is 0 Å². The molecule has 0 saturated carbocycles. The lowest BCUT2D eigenvalue weighted by atomic mass is 10.3. The minimum absolute atomic E-state index is 0.354. The first kappa shape index (κ1) is 9.41. The zero-order valence-electron chi connectivity index (χ0n) is 7.89. The van der Waals surface area contributed by atoms with Crippen molar-refractivity contribution < 1.29 is 4.39 Å². The van der Waals surface area contributed by atoms with Crippen molar-refractivity contribution in [3.05, 3.63) is 48.3 Å². The third-order valence-electron chi connectivity index (χ3n) is 1.74. The SMILES string of the molecule is Fc1ccc(C#CCn2cccn2)nc1. The molecule has 0 radical (unpaired) electrons. The van der Waals surface area contributed by atoms with E-state index >= 15 is 0 Å². The molecule has 0 unspecified atom stereocenters. The van der Waals surface area contributed by atoms with Gasteiger partial charge >= 0.3 is 0 Å². The Hall–Kier alpha value is -2.15. The summed E-state index contributed by atoms with van der Waals surface area (Å²) in [5, 5.41) is 4.00. The molecule has 0 aliphatic carbocycles. The van der Waals surface area contributed by atoms with Crippen molar-refractivity contribution in [2.24, 2.45) is 0 Å². The molecule has 2 aromatic heterocycles. The Bertz CT molecular complexity index is 477. The smallest absolute Gasteiger partial charge is 0.141 e. The zero-order valence-corrected chi connectivity index (χ0v) is 7.89. The molecular formula is C11H8FN3. The Morgan fingerprint density at radius 1 is 1.40 bits per heavy atom.